The molecule has 4 saturated carbocycles. The number of nitrogens with zero attached hydrogens (tertiary/aromatic N) is 2. The SMILES string of the molecule is CC(=O)O[C@H]1[C@@H]([N+]2(C)CCCCC2)CC2C3CCC4CC[C@@H]([N+]5(C)CCCCC5)C[C@]4(C)C3CC[C@@]21C.[Br-].[Br-]. The predicted octanol–water partition coefficient (Wildman–Crippen LogP) is 0.577. The average Bonchev–Trinajstić information content (AvgIpc) is 3.17. The smallest absolute Gasteiger partial charge is 0.303 e. The van der Waals surface area contributed by atoms with Gasteiger partial charge in [0.2, 0.25) is 0 Å². The monoisotopic (exact) mass is 672 g/mol. The van der Waals surface area contributed by atoms with Gasteiger partial charge in [-0.15, -0.1) is 0 Å². The molecule has 0 aromatic heterocycles. The summed E-state index contributed by atoms with van der Waals surface area (Å²) in [4.78, 5) is 12.5. The van der Waals surface area contributed by atoms with Crippen LogP contribution in [0, 0.1) is 34.5 Å². The summed E-state index contributed by atoms with van der Waals surface area (Å²) in [6, 6.07) is 1.39. The first-order valence-corrected chi connectivity index (χ1v) is 16.4. The zero-order valence-electron chi connectivity index (χ0n) is 25.7. The maximum atomic E-state index is 12.5. The number of fused-ring (bicyclic) bond motifs is 5. The molecule has 4 aliphatic carbocycles. The third kappa shape index (κ3) is 5.35. The Hall–Kier alpha value is 0.350. The van der Waals surface area contributed by atoms with E-state index in [9.17, 15) is 4.79 Å². The molecule has 6 rings (SSSR count). The molecule has 2 saturated heterocycles. The summed E-state index contributed by atoms with van der Waals surface area (Å²) in [6.45, 7) is 12.4. The highest BCUT2D eigenvalue weighted by atomic mass is 79.9. The van der Waals surface area contributed by atoms with Crippen LogP contribution in [0.15, 0.2) is 0 Å². The van der Waals surface area contributed by atoms with Gasteiger partial charge in [-0.2, -0.15) is 0 Å². The number of rotatable bonds is 3. The molecule has 2 heterocycles. The first-order valence-electron chi connectivity index (χ1n) is 16.4. The lowest BCUT2D eigenvalue weighted by molar-refractivity contribution is -0.940. The van der Waals surface area contributed by atoms with E-state index >= 15 is 0 Å². The van der Waals surface area contributed by atoms with Crippen molar-refractivity contribution >= 4 is 5.97 Å². The van der Waals surface area contributed by atoms with Gasteiger partial charge in [0.15, 0.2) is 6.10 Å². The second-order valence-corrected chi connectivity index (χ2v) is 15.9. The van der Waals surface area contributed by atoms with Crippen LogP contribution in [0.5, 0.6) is 0 Å². The number of piperidine rings is 2. The van der Waals surface area contributed by atoms with Crippen molar-refractivity contribution in [2.45, 2.75) is 129 Å². The van der Waals surface area contributed by atoms with Crippen LogP contribution in [-0.2, 0) is 9.53 Å². The summed E-state index contributed by atoms with van der Waals surface area (Å²) in [5.74, 6) is 3.35. The zero-order chi connectivity index (χ0) is 26.1. The van der Waals surface area contributed by atoms with Crippen LogP contribution in [0.2, 0.25) is 0 Å². The number of esters is 1. The van der Waals surface area contributed by atoms with Gasteiger partial charge >= 0.3 is 5.97 Å². The van der Waals surface area contributed by atoms with Crippen molar-refractivity contribution in [2.75, 3.05) is 40.3 Å². The van der Waals surface area contributed by atoms with E-state index in [4.69, 9.17) is 4.74 Å². The zero-order valence-corrected chi connectivity index (χ0v) is 28.9. The number of hydrogen-bond donors (Lipinski definition) is 0. The topological polar surface area (TPSA) is 26.3 Å². The number of likely N-dealkylation sites (N-methyl/N-ethyl adjacent to an activating group) is 1. The molecule has 39 heavy (non-hydrogen) atoms. The second-order valence-electron chi connectivity index (χ2n) is 15.9. The molecule has 6 aliphatic rings. The fraction of sp³-hybridized carbons (Fsp3) is 0.970. The summed E-state index contributed by atoms with van der Waals surface area (Å²) in [7, 11) is 5.12. The predicted molar refractivity (Wildman–Crippen MR) is 150 cm³/mol. The van der Waals surface area contributed by atoms with E-state index in [0.717, 1.165) is 34.2 Å². The van der Waals surface area contributed by atoms with Crippen LogP contribution >= 0.6 is 0 Å². The van der Waals surface area contributed by atoms with Gasteiger partial charge in [0.25, 0.3) is 0 Å². The molecule has 0 aromatic carbocycles. The second kappa shape index (κ2) is 11.8. The summed E-state index contributed by atoms with van der Waals surface area (Å²) in [6.07, 6.45) is 19.8. The molecule has 0 aromatic rings. The van der Waals surface area contributed by atoms with Crippen molar-refractivity contribution in [2.24, 2.45) is 34.5 Å². The lowest BCUT2D eigenvalue weighted by Crippen LogP contribution is -3.00. The summed E-state index contributed by atoms with van der Waals surface area (Å²) in [5, 5.41) is 0. The Morgan fingerprint density at radius 2 is 1.33 bits per heavy atom. The van der Waals surface area contributed by atoms with Crippen molar-refractivity contribution in [3.05, 3.63) is 0 Å². The Kier molecular flexibility index (Phi) is 9.76. The minimum Gasteiger partial charge on any atom is -1.00 e. The highest BCUT2D eigenvalue weighted by Crippen LogP contribution is 2.67. The van der Waals surface area contributed by atoms with Crippen LogP contribution in [-0.4, -0.2) is 73.4 Å². The quantitative estimate of drug-likeness (QED) is 0.324. The van der Waals surface area contributed by atoms with Crippen LogP contribution < -0.4 is 34.0 Å². The standard InChI is InChI=1S/C33H58N2O2.2BrH/c1-24(36)37-31-30(35(5)20-10-7-11-21-35)22-29-27-15-13-25-12-14-26(34(4)18-8-6-9-19-34)23-33(25,3)28(27)16-17-32(29,31)2;;/h25-31H,6-23H2,1-5H3;2*1H/q+2;;/p-2/t25?,26-,27?,28?,29?,30+,31+,32+,33+;;/m1../s1. The van der Waals surface area contributed by atoms with Crippen molar-refractivity contribution in [3.63, 3.8) is 0 Å². The fourth-order valence-electron chi connectivity index (χ4n) is 12.0. The molecule has 6 heteroatoms. The number of quaternary nitrogens is 2. The lowest BCUT2D eigenvalue weighted by atomic mass is 9.44. The van der Waals surface area contributed by atoms with Crippen LogP contribution in [0.4, 0.5) is 0 Å². The largest absolute Gasteiger partial charge is 1.00 e. The molecular weight excluding hydrogens is 616 g/mol. The third-order valence-corrected chi connectivity index (χ3v) is 14.2. The van der Waals surface area contributed by atoms with E-state index in [-0.39, 0.29) is 51.5 Å². The molecule has 226 valence electrons. The fourth-order valence-corrected chi connectivity index (χ4v) is 12.0. The molecule has 0 N–H and O–H groups in total. The summed E-state index contributed by atoms with van der Waals surface area (Å²) >= 11 is 0. The Bertz CT molecular complexity index is 872. The van der Waals surface area contributed by atoms with E-state index in [1.54, 1.807) is 6.92 Å². The molecule has 9 atom stereocenters. The van der Waals surface area contributed by atoms with Crippen LogP contribution in [0.3, 0.4) is 0 Å². The highest BCUT2D eigenvalue weighted by Gasteiger charge is 2.67. The average molecular weight is 675 g/mol. The highest BCUT2D eigenvalue weighted by molar-refractivity contribution is 5.66. The van der Waals surface area contributed by atoms with E-state index < -0.39 is 0 Å². The van der Waals surface area contributed by atoms with Crippen molar-refractivity contribution in [1.82, 2.24) is 0 Å². The number of carbonyl (C=O) groups is 1. The molecule has 0 radical (unpaired) electrons. The molecule has 0 amide bonds. The third-order valence-electron chi connectivity index (χ3n) is 14.2. The minimum absolute atomic E-state index is 0. The van der Waals surface area contributed by atoms with Crippen molar-refractivity contribution in [1.29, 1.82) is 0 Å². The molecule has 0 spiro atoms. The molecule has 6 fully saturated rings. The first-order chi connectivity index (χ1) is 17.6. The normalized spacial score (nSPS) is 46.3. The van der Waals surface area contributed by atoms with Gasteiger partial charge < -0.3 is 47.7 Å². The van der Waals surface area contributed by atoms with Crippen molar-refractivity contribution < 1.29 is 52.5 Å². The van der Waals surface area contributed by atoms with Crippen LogP contribution in [0.1, 0.15) is 111 Å². The number of hydrogen-bond acceptors (Lipinski definition) is 2. The summed E-state index contributed by atoms with van der Waals surface area (Å²) < 4.78 is 8.90. The van der Waals surface area contributed by atoms with Crippen LogP contribution in [0.25, 0.3) is 0 Å². The number of likely N-dealkylation sites (tertiary alicyclic amines) is 2. The van der Waals surface area contributed by atoms with Gasteiger partial charge in [0, 0.05) is 25.2 Å². The summed E-state index contributed by atoms with van der Waals surface area (Å²) in [5.41, 5.74) is 0.684. The van der Waals surface area contributed by atoms with E-state index in [0.29, 0.717) is 11.5 Å². The minimum atomic E-state index is -0.0492. The maximum absolute atomic E-state index is 12.5. The van der Waals surface area contributed by atoms with E-state index in [2.05, 4.69) is 27.9 Å². The van der Waals surface area contributed by atoms with Crippen molar-refractivity contribution in [3.8, 4) is 0 Å². The van der Waals surface area contributed by atoms with Gasteiger partial charge in [-0.3, -0.25) is 4.79 Å². The molecular formula is C33H58Br2N2O2. The van der Waals surface area contributed by atoms with Gasteiger partial charge in [-0.05, 0) is 106 Å². The lowest BCUT2D eigenvalue weighted by Gasteiger charge is -2.62. The molecule has 0 bridgehead atoms. The Morgan fingerprint density at radius 1 is 0.744 bits per heavy atom. The first kappa shape index (κ1) is 32.3. The van der Waals surface area contributed by atoms with Gasteiger partial charge in [0.1, 0.15) is 6.04 Å². The number of carbonyl (C=O) groups excluding carboxylic acids is 1. The van der Waals surface area contributed by atoms with E-state index in [1.165, 1.54) is 121 Å². The number of halogens is 2. The Morgan fingerprint density at radius 3 is 1.95 bits per heavy atom. The Labute approximate surface area is 261 Å². The Balaban J connectivity index is 0.00000176. The maximum Gasteiger partial charge on any atom is 0.303 e. The number of ether oxygens (including phenoxy) is 1. The van der Waals surface area contributed by atoms with Gasteiger partial charge in [-0.1, -0.05) is 13.8 Å². The molecule has 4 unspecified atom stereocenters. The van der Waals surface area contributed by atoms with Gasteiger partial charge in [-0.25, -0.2) is 0 Å². The van der Waals surface area contributed by atoms with E-state index in [1.807, 2.05) is 0 Å². The van der Waals surface area contributed by atoms with Gasteiger partial charge in [0.05, 0.1) is 46.3 Å². The molecule has 4 nitrogen and oxygen atoms in total. The molecule has 2 aliphatic heterocycles.